The van der Waals surface area contributed by atoms with Crippen LogP contribution in [-0.4, -0.2) is 36.2 Å². The zero-order valence-corrected chi connectivity index (χ0v) is 22.9. The number of primary amides is 1. The number of carbonyl (C=O) groups is 3. The minimum atomic E-state index is -0.946. The van der Waals surface area contributed by atoms with Crippen LogP contribution in [0.4, 0.5) is 4.79 Å². The predicted octanol–water partition coefficient (Wildman–Crippen LogP) is 4.44. The second-order valence-corrected chi connectivity index (χ2v) is 10.6. The highest BCUT2D eigenvalue weighted by Crippen LogP contribution is 2.35. The Hall–Kier alpha value is -4.53. The molecule has 0 fully saturated rings. The van der Waals surface area contributed by atoms with Gasteiger partial charge in [0.05, 0.1) is 18.2 Å². The highest BCUT2D eigenvalue weighted by Gasteiger charge is 2.30. The predicted molar refractivity (Wildman–Crippen MR) is 150 cm³/mol. The lowest BCUT2D eigenvalue weighted by atomic mass is 9.97. The molecule has 3 amide bonds. The topological polar surface area (TPSA) is 129 Å². The highest BCUT2D eigenvalue weighted by atomic mass is 16.6. The third kappa shape index (κ3) is 7.75. The number of rotatable bonds is 9. The van der Waals surface area contributed by atoms with Gasteiger partial charge in [-0.25, -0.2) is 4.79 Å². The SMILES string of the molecule is CC(C)(C)OC(=O)N[C@H]1CCOc2c(C(=O)N[C@@H](Cc3ccc(OCc4ccccc4)cc3)C(N)=O)cccc21. The first-order chi connectivity index (χ1) is 19.1. The molecule has 0 bridgehead atoms. The van der Waals surface area contributed by atoms with Gasteiger partial charge in [-0.2, -0.15) is 0 Å². The Bertz CT molecular complexity index is 1340. The van der Waals surface area contributed by atoms with Gasteiger partial charge < -0.3 is 30.6 Å². The molecule has 210 valence electrons. The van der Waals surface area contributed by atoms with Crippen molar-refractivity contribution >= 4 is 17.9 Å². The Balaban J connectivity index is 1.41. The quantitative estimate of drug-likeness (QED) is 0.365. The molecule has 3 aromatic rings. The van der Waals surface area contributed by atoms with Crippen LogP contribution in [0.25, 0.3) is 0 Å². The molecular weight excluding hydrogens is 510 g/mol. The van der Waals surface area contributed by atoms with Crippen molar-refractivity contribution in [3.05, 3.63) is 95.1 Å². The molecule has 0 radical (unpaired) electrons. The van der Waals surface area contributed by atoms with E-state index in [9.17, 15) is 14.4 Å². The zero-order valence-electron chi connectivity index (χ0n) is 22.9. The second-order valence-electron chi connectivity index (χ2n) is 10.6. The summed E-state index contributed by atoms with van der Waals surface area (Å²) in [5.41, 5.74) is 7.79. The van der Waals surface area contributed by atoms with Crippen LogP contribution in [0.1, 0.15) is 60.3 Å². The van der Waals surface area contributed by atoms with Crippen LogP contribution >= 0.6 is 0 Å². The maximum atomic E-state index is 13.3. The molecule has 0 aromatic heterocycles. The molecule has 1 aliphatic heterocycles. The number of hydrogen-bond donors (Lipinski definition) is 3. The molecular formula is C31H35N3O6. The molecule has 4 N–H and O–H groups in total. The molecule has 0 saturated carbocycles. The zero-order chi connectivity index (χ0) is 28.7. The van der Waals surface area contributed by atoms with E-state index in [1.54, 1.807) is 39.0 Å². The Labute approximate surface area is 234 Å². The maximum absolute atomic E-state index is 13.3. The Morgan fingerprint density at radius 2 is 1.70 bits per heavy atom. The first kappa shape index (κ1) is 28.5. The summed E-state index contributed by atoms with van der Waals surface area (Å²) in [7, 11) is 0. The minimum absolute atomic E-state index is 0.207. The lowest BCUT2D eigenvalue weighted by molar-refractivity contribution is -0.119. The summed E-state index contributed by atoms with van der Waals surface area (Å²) in [5.74, 6) is -0.111. The molecule has 4 rings (SSSR count). The molecule has 2 atom stereocenters. The Morgan fingerprint density at radius 3 is 2.38 bits per heavy atom. The van der Waals surface area contributed by atoms with Crippen molar-refractivity contribution in [2.45, 2.75) is 57.9 Å². The van der Waals surface area contributed by atoms with Crippen LogP contribution in [0.2, 0.25) is 0 Å². The summed E-state index contributed by atoms with van der Waals surface area (Å²) >= 11 is 0. The van der Waals surface area contributed by atoms with Gasteiger partial charge in [0.25, 0.3) is 5.91 Å². The van der Waals surface area contributed by atoms with Gasteiger partial charge in [-0.1, -0.05) is 54.6 Å². The molecule has 1 aliphatic rings. The number of fused-ring (bicyclic) bond motifs is 1. The summed E-state index contributed by atoms with van der Waals surface area (Å²) in [5, 5.41) is 5.60. The van der Waals surface area contributed by atoms with Crippen molar-refractivity contribution in [3.63, 3.8) is 0 Å². The third-order valence-electron chi connectivity index (χ3n) is 6.27. The van der Waals surface area contributed by atoms with Gasteiger partial charge in [0.1, 0.15) is 29.7 Å². The van der Waals surface area contributed by atoms with Crippen LogP contribution in [0.3, 0.4) is 0 Å². The Morgan fingerprint density at radius 1 is 0.975 bits per heavy atom. The highest BCUT2D eigenvalue weighted by molar-refractivity contribution is 6.00. The lowest BCUT2D eigenvalue weighted by Gasteiger charge is -2.29. The van der Waals surface area contributed by atoms with Gasteiger partial charge in [0, 0.05) is 18.4 Å². The molecule has 40 heavy (non-hydrogen) atoms. The fourth-order valence-corrected chi connectivity index (χ4v) is 4.36. The van der Waals surface area contributed by atoms with E-state index in [1.165, 1.54) is 0 Å². The normalized spacial score (nSPS) is 15.1. The van der Waals surface area contributed by atoms with E-state index >= 15 is 0 Å². The molecule has 3 aromatic carbocycles. The standard InChI is InChI=1S/C31H35N3O6/c1-31(2,3)40-30(37)34-25-16-17-38-27-23(25)10-7-11-24(27)29(36)33-26(28(32)35)18-20-12-14-22(15-13-20)39-19-21-8-5-4-6-9-21/h4-15,25-26H,16-19H2,1-3H3,(H2,32,35)(H,33,36)(H,34,37)/t25-,26-/m0/s1. The van der Waals surface area contributed by atoms with E-state index < -0.39 is 29.6 Å². The summed E-state index contributed by atoms with van der Waals surface area (Å²) in [6.45, 7) is 6.11. The average Bonchev–Trinajstić information content (AvgIpc) is 2.91. The van der Waals surface area contributed by atoms with E-state index in [2.05, 4.69) is 10.6 Å². The van der Waals surface area contributed by atoms with Crippen molar-refractivity contribution in [2.24, 2.45) is 5.73 Å². The van der Waals surface area contributed by atoms with Crippen molar-refractivity contribution < 1.29 is 28.6 Å². The summed E-state index contributed by atoms with van der Waals surface area (Å²) in [6.07, 6.45) is 0.177. The van der Waals surface area contributed by atoms with Gasteiger partial charge in [0.2, 0.25) is 5.91 Å². The number of hydrogen-bond acceptors (Lipinski definition) is 6. The van der Waals surface area contributed by atoms with Gasteiger partial charge in [-0.3, -0.25) is 9.59 Å². The van der Waals surface area contributed by atoms with E-state index in [0.717, 1.165) is 11.1 Å². The summed E-state index contributed by atoms with van der Waals surface area (Å²) in [6, 6.07) is 20.9. The molecule has 0 spiro atoms. The van der Waals surface area contributed by atoms with Gasteiger partial charge in [-0.05, 0) is 50.1 Å². The molecule has 1 heterocycles. The fourth-order valence-electron chi connectivity index (χ4n) is 4.36. The fraction of sp³-hybridized carbons (Fsp3) is 0.323. The van der Waals surface area contributed by atoms with E-state index in [4.69, 9.17) is 19.9 Å². The molecule has 0 unspecified atom stereocenters. The maximum Gasteiger partial charge on any atom is 0.408 e. The molecule has 9 nitrogen and oxygen atoms in total. The number of alkyl carbamates (subject to hydrolysis) is 1. The lowest BCUT2D eigenvalue weighted by Crippen LogP contribution is -2.46. The number of benzene rings is 3. The monoisotopic (exact) mass is 545 g/mol. The van der Waals surface area contributed by atoms with Crippen molar-refractivity contribution in [3.8, 4) is 11.5 Å². The number of carbonyl (C=O) groups excluding carboxylic acids is 3. The van der Waals surface area contributed by atoms with E-state index in [1.807, 2.05) is 54.6 Å². The van der Waals surface area contributed by atoms with Crippen LogP contribution < -0.4 is 25.8 Å². The first-order valence-corrected chi connectivity index (χ1v) is 13.2. The largest absolute Gasteiger partial charge is 0.492 e. The van der Waals surface area contributed by atoms with Gasteiger partial charge >= 0.3 is 6.09 Å². The second kappa shape index (κ2) is 12.5. The average molecular weight is 546 g/mol. The van der Waals surface area contributed by atoms with Gasteiger partial charge in [0.15, 0.2) is 0 Å². The van der Waals surface area contributed by atoms with Gasteiger partial charge in [-0.15, -0.1) is 0 Å². The van der Waals surface area contributed by atoms with Crippen molar-refractivity contribution in [1.29, 1.82) is 0 Å². The van der Waals surface area contributed by atoms with Crippen LogP contribution in [0.5, 0.6) is 11.5 Å². The number of nitrogens with two attached hydrogens (primary N) is 1. The van der Waals surface area contributed by atoms with Crippen LogP contribution in [0, 0.1) is 0 Å². The summed E-state index contributed by atoms with van der Waals surface area (Å²) < 4.78 is 17.0. The first-order valence-electron chi connectivity index (χ1n) is 13.2. The number of para-hydroxylation sites is 1. The number of amides is 3. The molecule has 0 aliphatic carbocycles. The Kier molecular flexibility index (Phi) is 8.93. The minimum Gasteiger partial charge on any atom is -0.492 e. The number of nitrogens with one attached hydrogen (secondary N) is 2. The van der Waals surface area contributed by atoms with Crippen molar-refractivity contribution in [2.75, 3.05) is 6.61 Å². The van der Waals surface area contributed by atoms with Crippen molar-refractivity contribution in [1.82, 2.24) is 10.6 Å². The molecule has 0 saturated heterocycles. The third-order valence-corrected chi connectivity index (χ3v) is 6.27. The van der Waals surface area contributed by atoms with Crippen LogP contribution in [0.15, 0.2) is 72.8 Å². The number of ether oxygens (including phenoxy) is 3. The van der Waals surface area contributed by atoms with Crippen LogP contribution in [-0.2, 0) is 22.6 Å². The van der Waals surface area contributed by atoms with E-state index in [-0.39, 0.29) is 18.0 Å². The smallest absolute Gasteiger partial charge is 0.408 e. The van der Waals surface area contributed by atoms with E-state index in [0.29, 0.717) is 36.7 Å². The molecule has 9 heteroatoms. The summed E-state index contributed by atoms with van der Waals surface area (Å²) in [4.78, 5) is 37.9.